The fourth-order valence-corrected chi connectivity index (χ4v) is 1.44. The van der Waals surface area contributed by atoms with Gasteiger partial charge in [0.25, 0.3) is 0 Å². The summed E-state index contributed by atoms with van der Waals surface area (Å²) in [7, 11) is 0. The average molecular weight is 186 g/mol. The lowest BCUT2D eigenvalue weighted by atomic mass is 10.2. The van der Waals surface area contributed by atoms with E-state index in [1.54, 1.807) is 12.3 Å². The van der Waals surface area contributed by atoms with Crippen LogP contribution in [-0.2, 0) is 0 Å². The van der Waals surface area contributed by atoms with Gasteiger partial charge in [-0.1, -0.05) is 12.1 Å². The molecule has 14 heavy (non-hydrogen) atoms. The first-order chi connectivity index (χ1) is 6.83. The van der Waals surface area contributed by atoms with Crippen molar-refractivity contribution in [2.24, 2.45) is 0 Å². The van der Waals surface area contributed by atoms with Crippen LogP contribution >= 0.6 is 0 Å². The van der Waals surface area contributed by atoms with E-state index in [4.69, 9.17) is 0 Å². The number of rotatable bonds is 2. The Balaban J connectivity index is 2.62. The predicted octanol–water partition coefficient (Wildman–Crippen LogP) is 1.99. The van der Waals surface area contributed by atoms with Crippen molar-refractivity contribution >= 4 is 6.29 Å². The van der Waals surface area contributed by atoms with Gasteiger partial charge in [0.2, 0.25) is 0 Å². The van der Waals surface area contributed by atoms with E-state index < -0.39 is 0 Å². The second-order valence-corrected chi connectivity index (χ2v) is 3.02. The van der Waals surface area contributed by atoms with Crippen LogP contribution < -0.4 is 0 Å². The van der Waals surface area contributed by atoms with Crippen LogP contribution in [0.5, 0.6) is 0 Å². The molecule has 1 aromatic carbocycles. The van der Waals surface area contributed by atoms with Crippen LogP contribution in [0, 0.1) is 6.92 Å². The van der Waals surface area contributed by atoms with Crippen molar-refractivity contribution in [2.45, 2.75) is 6.92 Å². The Kier molecular flexibility index (Phi) is 2.14. The highest BCUT2D eigenvalue weighted by molar-refractivity contribution is 5.80. The van der Waals surface area contributed by atoms with Crippen molar-refractivity contribution in [3.05, 3.63) is 48.0 Å². The zero-order valence-corrected chi connectivity index (χ0v) is 7.84. The summed E-state index contributed by atoms with van der Waals surface area (Å²) in [5.74, 6) is 0.874. The highest BCUT2D eigenvalue weighted by atomic mass is 16.1. The van der Waals surface area contributed by atoms with Crippen LogP contribution in [0.3, 0.4) is 0 Å². The molecule has 0 amide bonds. The summed E-state index contributed by atoms with van der Waals surface area (Å²) in [4.78, 5) is 14.9. The molecule has 0 fully saturated rings. The van der Waals surface area contributed by atoms with Gasteiger partial charge in [0.05, 0.1) is 5.69 Å². The van der Waals surface area contributed by atoms with Gasteiger partial charge < -0.3 is 4.57 Å². The first kappa shape index (κ1) is 8.69. The van der Waals surface area contributed by atoms with Crippen molar-refractivity contribution in [3.63, 3.8) is 0 Å². The quantitative estimate of drug-likeness (QED) is 0.672. The minimum Gasteiger partial charge on any atom is -0.303 e. The minimum absolute atomic E-state index is 0.675. The Morgan fingerprint density at radius 1 is 1.36 bits per heavy atom. The Morgan fingerprint density at radius 3 is 2.79 bits per heavy atom. The second kappa shape index (κ2) is 3.46. The van der Waals surface area contributed by atoms with E-state index in [0.29, 0.717) is 5.56 Å². The number of hydrogen-bond donors (Lipinski definition) is 0. The predicted molar refractivity (Wildman–Crippen MR) is 53.7 cm³/mol. The van der Waals surface area contributed by atoms with Crippen molar-refractivity contribution in [1.29, 1.82) is 0 Å². The molecule has 0 spiro atoms. The number of aromatic nitrogens is 2. The van der Waals surface area contributed by atoms with Gasteiger partial charge in [-0.2, -0.15) is 0 Å². The fraction of sp³-hybridized carbons (Fsp3) is 0.0909. The van der Waals surface area contributed by atoms with Crippen molar-refractivity contribution in [2.75, 3.05) is 0 Å². The number of hydrogen-bond acceptors (Lipinski definition) is 2. The number of carbonyl (C=O) groups is 1. The van der Waals surface area contributed by atoms with Gasteiger partial charge in [-0.25, -0.2) is 4.98 Å². The first-order valence-electron chi connectivity index (χ1n) is 4.37. The third-order valence-corrected chi connectivity index (χ3v) is 2.15. The van der Waals surface area contributed by atoms with Crippen molar-refractivity contribution in [1.82, 2.24) is 9.55 Å². The maximum atomic E-state index is 10.8. The van der Waals surface area contributed by atoms with E-state index in [2.05, 4.69) is 4.98 Å². The Labute approximate surface area is 82.0 Å². The topological polar surface area (TPSA) is 34.9 Å². The summed E-state index contributed by atoms with van der Waals surface area (Å²) in [6.07, 6.45) is 4.42. The molecule has 1 aromatic heterocycles. The molecule has 0 N–H and O–H groups in total. The minimum atomic E-state index is 0.675. The molecule has 0 saturated carbocycles. The van der Waals surface area contributed by atoms with E-state index in [0.717, 1.165) is 17.8 Å². The third kappa shape index (κ3) is 1.33. The maximum Gasteiger partial charge on any atom is 0.152 e. The number of imidazole rings is 1. The van der Waals surface area contributed by atoms with Crippen LogP contribution in [0.2, 0.25) is 0 Å². The van der Waals surface area contributed by atoms with Crippen LogP contribution in [0.25, 0.3) is 5.69 Å². The zero-order chi connectivity index (χ0) is 9.97. The van der Waals surface area contributed by atoms with E-state index in [9.17, 15) is 4.79 Å². The second-order valence-electron chi connectivity index (χ2n) is 3.02. The van der Waals surface area contributed by atoms with E-state index >= 15 is 0 Å². The van der Waals surface area contributed by atoms with Crippen molar-refractivity contribution < 1.29 is 4.79 Å². The molecule has 0 saturated heterocycles. The standard InChI is InChI=1S/C11H10N2O/c1-9-12-6-7-13(9)11-5-3-2-4-10(11)8-14/h2-8H,1H3. The largest absolute Gasteiger partial charge is 0.303 e. The molecule has 3 nitrogen and oxygen atoms in total. The molecule has 0 aliphatic rings. The SMILES string of the molecule is Cc1nccn1-c1ccccc1C=O. The van der Waals surface area contributed by atoms with Gasteiger partial charge in [-0.05, 0) is 19.1 Å². The molecule has 1 heterocycles. The lowest BCUT2D eigenvalue weighted by Crippen LogP contribution is -1.99. The molecule has 0 bridgehead atoms. The summed E-state index contributed by atoms with van der Waals surface area (Å²) >= 11 is 0. The molecule has 2 rings (SSSR count). The van der Waals surface area contributed by atoms with E-state index in [-0.39, 0.29) is 0 Å². The number of aldehydes is 1. The zero-order valence-electron chi connectivity index (χ0n) is 7.84. The number of benzene rings is 1. The van der Waals surface area contributed by atoms with E-state index in [1.165, 1.54) is 0 Å². The Hall–Kier alpha value is -1.90. The van der Waals surface area contributed by atoms with Gasteiger partial charge in [0.15, 0.2) is 6.29 Å². The number of para-hydroxylation sites is 1. The van der Waals surface area contributed by atoms with Crippen LogP contribution in [0.4, 0.5) is 0 Å². The smallest absolute Gasteiger partial charge is 0.152 e. The highest BCUT2D eigenvalue weighted by Crippen LogP contribution is 2.13. The summed E-state index contributed by atoms with van der Waals surface area (Å²) < 4.78 is 1.89. The van der Waals surface area contributed by atoms with Gasteiger partial charge in [-0.15, -0.1) is 0 Å². The molecule has 0 atom stereocenters. The Bertz CT molecular complexity index is 460. The normalized spacial score (nSPS) is 10.1. The van der Waals surface area contributed by atoms with Gasteiger partial charge in [0.1, 0.15) is 5.82 Å². The number of aryl methyl sites for hydroxylation is 1. The molecule has 0 aliphatic carbocycles. The van der Waals surface area contributed by atoms with E-state index in [1.807, 2.05) is 35.9 Å². The molecule has 0 aliphatic heterocycles. The van der Waals surface area contributed by atoms with Crippen LogP contribution in [0.15, 0.2) is 36.7 Å². The van der Waals surface area contributed by atoms with Crippen molar-refractivity contribution in [3.8, 4) is 5.69 Å². The van der Waals surface area contributed by atoms with Crippen LogP contribution in [0.1, 0.15) is 16.2 Å². The molecule has 3 heteroatoms. The molecule has 2 aromatic rings. The average Bonchev–Trinajstić information content (AvgIpc) is 2.64. The molecular weight excluding hydrogens is 176 g/mol. The summed E-state index contributed by atoms with van der Waals surface area (Å²) in [6, 6.07) is 7.45. The van der Waals surface area contributed by atoms with Crippen LogP contribution in [-0.4, -0.2) is 15.8 Å². The summed E-state index contributed by atoms with van der Waals surface area (Å²) in [5, 5.41) is 0. The molecule has 70 valence electrons. The fourth-order valence-electron chi connectivity index (χ4n) is 1.44. The number of nitrogens with zero attached hydrogens (tertiary/aromatic N) is 2. The van der Waals surface area contributed by atoms with Gasteiger partial charge >= 0.3 is 0 Å². The lowest BCUT2D eigenvalue weighted by Gasteiger charge is -2.06. The first-order valence-corrected chi connectivity index (χ1v) is 4.37. The Morgan fingerprint density at radius 2 is 2.14 bits per heavy atom. The molecular formula is C11H10N2O. The highest BCUT2D eigenvalue weighted by Gasteiger charge is 2.04. The van der Waals surface area contributed by atoms with Gasteiger partial charge in [-0.3, -0.25) is 4.79 Å². The lowest BCUT2D eigenvalue weighted by molar-refractivity contribution is 0.112. The molecule has 0 radical (unpaired) electrons. The molecule has 0 unspecified atom stereocenters. The summed E-state index contributed by atoms with van der Waals surface area (Å²) in [6.45, 7) is 1.90. The maximum absolute atomic E-state index is 10.8. The number of carbonyl (C=O) groups excluding carboxylic acids is 1. The third-order valence-electron chi connectivity index (χ3n) is 2.15. The summed E-state index contributed by atoms with van der Waals surface area (Å²) in [5.41, 5.74) is 1.55. The van der Waals surface area contributed by atoms with Gasteiger partial charge in [0, 0.05) is 18.0 Å². The monoisotopic (exact) mass is 186 g/mol.